The molecule has 2 nitrogen and oxygen atoms in total. The van der Waals surface area contributed by atoms with Crippen LogP contribution in [0.15, 0.2) is 18.2 Å². The summed E-state index contributed by atoms with van der Waals surface area (Å²) >= 11 is 0. The smallest absolute Gasteiger partial charge is 0.128 e. The second kappa shape index (κ2) is 5.12. The van der Waals surface area contributed by atoms with E-state index in [2.05, 4.69) is 5.32 Å². The average Bonchev–Trinajstić information content (AvgIpc) is 2.22. The van der Waals surface area contributed by atoms with Crippen LogP contribution in [0.4, 0.5) is 10.1 Å². The fourth-order valence-electron chi connectivity index (χ4n) is 1.27. The molecule has 1 rings (SSSR count). The lowest BCUT2D eigenvalue weighted by atomic mass is 10.1. The molecule has 0 aromatic heterocycles. The molecule has 2 atom stereocenters. The lowest BCUT2D eigenvalue weighted by Gasteiger charge is -2.21. The van der Waals surface area contributed by atoms with Crippen LogP contribution in [0.2, 0.25) is 0 Å². The molecular formula is C12H18FNO. The number of benzene rings is 1. The van der Waals surface area contributed by atoms with Crippen LogP contribution >= 0.6 is 0 Å². The van der Waals surface area contributed by atoms with Crippen molar-refractivity contribution in [2.24, 2.45) is 0 Å². The summed E-state index contributed by atoms with van der Waals surface area (Å²) in [5.74, 6) is -0.183. The molecule has 0 saturated heterocycles. The number of anilines is 1. The van der Waals surface area contributed by atoms with E-state index in [4.69, 9.17) is 4.74 Å². The number of nitrogens with one attached hydrogen (secondary N) is 1. The summed E-state index contributed by atoms with van der Waals surface area (Å²) in [6.07, 6.45) is 0.0920. The number of hydrogen-bond donors (Lipinski definition) is 1. The second-order valence-electron chi connectivity index (χ2n) is 3.84. The largest absolute Gasteiger partial charge is 0.380 e. The van der Waals surface area contributed by atoms with E-state index in [1.165, 1.54) is 6.07 Å². The van der Waals surface area contributed by atoms with Gasteiger partial charge in [-0.05, 0) is 38.5 Å². The van der Waals surface area contributed by atoms with Gasteiger partial charge in [-0.15, -0.1) is 0 Å². The van der Waals surface area contributed by atoms with E-state index in [-0.39, 0.29) is 18.0 Å². The minimum Gasteiger partial charge on any atom is -0.380 e. The molecule has 15 heavy (non-hydrogen) atoms. The van der Waals surface area contributed by atoms with Crippen LogP contribution in [0.5, 0.6) is 0 Å². The van der Waals surface area contributed by atoms with Crippen molar-refractivity contribution < 1.29 is 9.13 Å². The Kier molecular flexibility index (Phi) is 4.09. The van der Waals surface area contributed by atoms with Crippen LogP contribution in [0.3, 0.4) is 0 Å². The summed E-state index contributed by atoms with van der Waals surface area (Å²) in [5, 5.41) is 3.20. The molecule has 0 aliphatic heterocycles. The first-order chi connectivity index (χ1) is 7.04. The predicted molar refractivity (Wildman–Crippen MR) is 60.7 cm³/mol. The first kappa shape index (κ1) is 12.0. The van der Waals surface area contributed by atoms with Gasteiger partial charge in [0.05, 0.1) is 6.10 Å². The van der Waals surface area contributed by atoms with Crippen molar-refractivity contribution >= 4 is 5.69 Å². The molecule has 0 aliphatic rings. The van der Waals surface area contributed by atoms with Crippen molar-refractivity contribution in [3.05, 3.63) is 29.6 Å². The second-order valence-corrected chi connectivity index (χ2v) is 3.84. The third-order valence-electron chi connectivity index (χ3n) is 2.64. The van der Waals surface area contributed by atoms with Crippen LogP contribution in [0.1, 0.15) is 19.4 Å². The van der Waals surface area contributed by atoms with Gasteiger partial charge in [0.1, 0.15) is 5.82 Å². The summed E-state index contributed by atoms with van der Waals surface area (Å²) in [7, 11) is 1.67. The summed E-state index contributed by atoms with van der Waals surface area (Å²) in [5.41, 5.74) is 1.45. The Morgan fingerprint density at radius 1 is 1.33 bits per heavy atom. The molecule has 0 saturated carbocycles. The predicted octanol–water partition coefficient (Wildman–Crippen LogP) is 2.97. The van der Waals surface area contributed by atoms with Gasteiger partial charge >= 0.3 is 0 Å². The first-order valence-electron chi connectivity index (χ1n) is 5.10. The lowest BCUT2D eigenvalue weighted by Crippen LogP contribution is -2.29. The molecule has 84 valence electrons. The maximum atomic E-state index is 13.2. The van der Waals surface area contributed by atoms with Crippen molar-refractivity contribution in [2.75, 3.05) is 12.4 Å². The minimum atomic E-state index is -0.183. The highest BCUT2D eigenvalue weighted by atomic mass is 19.1. The van der Waals surface area contributed by atoms with E-state index >= 15 is 0 Å². The fraction of sp³-hybridized carbons (Fsp3) is 0.500. The highest BCUT2D eigenvalue weighted by Crippen LogP contribution is 2.15. The topological polar surface area (TPSA) is 21.3 Å². The number of ether oxygens (including phenoxy) is 1. The Hall–Kier alpha value is -1.09. The zero-order valence-electron chi connectivity index (χ0n) is 9.67. The number of aryl methyl sites for hydroxylation is 1. The number of methoxy groups -OCH3 is 1. The van der Waals surface area contributed by atoms with Gasteiger partial charge in [-0.25, -0.2) is 4.39 Å². The highest BCUT2D eigenvalue weighted by Gasteiger charge is 2.10. The summed E-state index contributed by atoms with van der Waals surface area (Å²) in [6, 6.07) is 5.30. The normalized spacial score (nSPS) is 14.7. The van der Waals surface area contributed by atoms with Crippen LogP contribution in [0, 0.1) is 12.7 Å². The van der Waals surface area contributed by atoms with Crippen molar-refractivity contribution in [3.63, 3.8) is 0 Å². The number of rotatable bonds is 4. The van der Waals surface area contributed by atoms with E-state index in [9.17, 15) is 4.39 Å². The number of hydrogen-bond acceptors (Lipinski definition) is 2. The van der Waals surface area contributed by atoms with Crippen molar-refractivity contribution in [1.29, 1.82) is 0 Å². The van der Waals surface area contributed by atoms with Crippen molar-refractivity contribution in [1.82, 2.24) is 0 Å². The maximum Gasteiger partial charge on any atom is 0.128 e. The Morgan fingerprint density at radius 3 is 2.53 bits per heavy atom. The molecule has 3 heteroatoms. The zero-order valence-corrected chi connectivity index (χ0v) is 9.67. The average molecular weight is 211 g/mol. The third kappa shape index (κ3) is 3.20. The van der Waals surface area contributed by atoms with E-state index in [0.29, 0.717) is 5.56 Å². The molecule has 1 aromatic rings. The molecule has 0 amide bonds. The van der Waals surface area contributed by atoms with Gasteiger partial charge in [0.2, 0.25) is 0 Å². The molecule has 0 aliphatic carbocycles. The van der Waals surface area contributed by atoms with E-state index in [0.717, 1.165) is 5.69 Å². The number of halogens is 1. The Bertz CT molecular complexity index is 327. The molecule has 0 bridgehead atoms. The molecule has 0 fully saturated rings. The first-order valence-corrected chi connectivity index (χ1v) is 5.10. The highest BCUT2D eigenvalue weighted by molar-refractivity contribution is 5.46. The summed E-state index contributed by atoms with van der Waals surface area (Å²) < 4.78 is 18.4. The van der Waals surface area contributed by atoms with Crippen LogP contribution in [-0.2, 0) is 4.74 Å². The third-order valence-corrected chi connectivity index (χ3v) is 2.64. The molecular weight excluding hydrogens is 193 g/mol. The molecule has 0 spiro atoms. The van der Waals surface area contributed by atoms with E-state index < -0.39 is 0 Å². The molecule has 1 N–H and O–H groups in total. The van der Waals surface area contributed by atoms with E-state index in [1.54, 1.807) is 20.1 Å². The quantitative estimate of drug-likeness (QED) is 0.826. The SMILES string of the molecule is COC(C)C(C)Nc1ccc(C)c(F)c1. The monoisotopic (exact) mass is 211 g/mol. The van der Waals surface area contributed by atoms with E-state index in [1.807, 2.05) is 19.9 Å². The van der Waals surface area contributed by atoms with Gasteiger partial charge in [-0.2, -0.15) is 0 Å². The summed E-state index contributed by atoms with van der Waals surface area (Å²) in [4.78, 5) is 0. The molecule has 0 heterocycles. The lowest BCUT2D eigenvalue weighted by molar-refractivity contribution is 0.106. The van der Waals surface area contributed by atoms with Gasteiger partial charge in [0.25, 0.3) is 0 Å². The minimum absolute atomic E-state index is 0.0920. The van der Waals surface area contributed by atoms with Gasteiger partial charge in [-0.1, -0.05) is 6.07 Å². The van der Waals surface area contributed by atoms with Crippen LogP contribution < -0.4 is 5.32 Å². The molecule has 1 aromatic carbocycles. The van der Waals surface area contributed by atoms with Crippen molar-refractivity contribution in [2.45, 2.75) is 32.9 Å². The Labute approximate surface area is 90.4 Å². The maximum absolute atomic E-state index is 13.2. The molecule has 0 radical (unpaired) electrons. The summed E-state index contributed by atoms with van der Waals surface area (Å²) in [6.45, 7) is 5.73. The fourth-order valence-corrected chi connectivity index (χ4v) is 1.27. The zero-order chi connectivity index (χ0) is 11.4. The van der Waals surface area contributed by atoms with Gasteiger partial charge in [0.15, 0.2) is 0 Å². The Balaban J connectivity index is 2.68. The van der Waals surface area contributed by atoms with Crippen LogP contribution in [-0.4, -0.2) is 19.3 Å². The standard InChI is InChI=1S/C12H18FNO/c1-8-5-6-11(7-12(8)13)14-9(2)10(3)15-4/h5-7,9-10,14H,1-4H3. The molecule has 2 unspecified atom stereocenters. The van der Waals surface area contributed by atoms with Gasteiger partial charge in [-0.3, -0.25) is 0 Å². The Morgan fingerprint density at radius 2 is 2.00 bits per heavy atom. The van der Waals surface area contributed by atoms with Gasteiger partial charge in [0, 0.05) is 18.8 Å². The van der Waals surface area contributed by atoms with Crippen molar-refractivity contribution in [3.8, 4) is 0 Å². The van der Waals surface area contributed by atoms with Crippen LogP contribution in [0.25, 0.3) is 0 Å². The van der Waals surface area contributed by atoms with Gasteiger partial charge < -0.3 is 10.1 Å².